The van der Waals surface area contributed by atoms with Gasteiger partial charge in [0, 0.05) is 29.3 Å². The standard InChI is InChI=1S/C31H28N6O3S/c32-27-13-7-14-28(34-27)35-31(38)23-11-6-8-21(18-23)19-25-29(26-12-4-5-16-33-26)36-37(24-15-17-41(39,40)20-24)30(25)22-9-2-1-3-10-22/h1-14,16,18,24H,15,17,19-20H2,(H3,32,34,35,38). The second-order valence-corrected chi connectivity index (χ2v) is 12.3. The summed E-state index contributed by atoms with van der Waals surface area (Å²) < 4.78 is 26.8. The molecule has 1 aliphatic heterocycles. The van der Waals surface area contributed by atoms with Crippen LogP contribution in [0.1, 0.15) is 33.9 Å². The van der Waals surface area contributed by atoms with Gasteiger partial charge in [0.05, 0.1) is 28.9 Å². The van der Waals surface area contributed by atoms with Crippen molar-refractivity contribution in [1.82, 2.24) is 19.7 Å². The average molecular weight is 565 g/mol. The highest BCUT2D eigenvalue weighted by atomic mass is 32.2. The van der Waals surface area contributed by atoms with Gasteiger partial charge in [-0.3, -0.25) is 14.5 Å². The van der Waals surface area contributed by atoms with Gasteiger partial charge in [-0.25, -0.2) is 13.4 Å². The van der Waals surface area contributed by atoms with Crippen LogP contribution in [0.15, 0.2) is 97.2 Å². The van der Waals surface area contributed by atoms with Gasteiger partial charge >= 0.3 is 0 Å². The predicted octanol–water partition coefficient (Wildman–Crippen LogP) is 4.79. The summed E-state index contributed by atoms with van der Waals surface area (Å²) in [6.45, 7) is 0. The molecular weight excluding hydrogens is 536 g/mol. The van der Waals surface area contributed by atoms with E-state index in [1.165, 1.54) is 0 Å². The van der Waals surface area contributed by atoms with Crippen molar-refractivity contribution in [2.75, 3.05) is 22.6 Å². The van der Waals surface area contributed by atoms with Crippen molar-refractivity contribution in [2.45, 2.75) is 18.9 Å². The fraction of sp³-hybridized carbons (Fsp3) is 0.161. The summed E-state index contributed by atoms with van der Waals surface area (Å²) in [5, 5.41) is 7.81. The van der Waals surface area contributed by atoms with Gasteiger partial charge in [-0.15, -0.1) is 0 Å². The fourth-order valence-corrected chi connectivity index (χ4v) is 6.91. The zero-order chi connectivity index (χ0) is 28.4. The van der Waals surface area contributed by atoms with Crippen LogP contribution in [0.4, 0.5) is 11.6 Å². The van der Waals surface area contributed by atoms with Crippen LogP contribution >= 0.6 is 0 Å². The third kappa shape index (κ3) is 5.73. The molecule has 0 spiro atoms. The second-order valence-electron chi connectivity index (χ2n) is 10.0. The lowest BCUT2D eigenvalue weighted by Crippen LogP contribution is -2.14. The van der Waals surface area contributed by atoms with Crippen molar-refractivity contribution >= 4 is 27.4 Å². The van der Waals surface area contributed by atoms with Crippen molar-refractivity contribution in [3.05, 3.63) is 114 Å². The monoisotopic (exact) mass is 564 g/mol. The first-order valence-corrected chi connectivity index (χ1v) is 15.1. The van der Waals surface area contributed by atoms with E-state index in [9.17, 15) is 13.2 Å². The highest BCUT2D eigenvalue weighted by Crippen LogP contribution is 2.37. The summed E-state index contributed by atoms with van der Waals surface area (Å²) in [5.41, 5.74) is 11.2. The number of nitrogens with zero attached hydrogens (tertiary/aromatic N) is 4. The van der Waals surface area contributed by atoms with Crippen LogP contribution in [0.25, 0.3) is 22.6 Å². The molecule has 1 amide bonds. The molecule has 3 aromatic heterocycles. The fourth-order valence-electron chi connectivity index (χ4n) is 5.22. The molecule has 2 aromatic carbocycles. The number of sulfone groups is 1. The van der Waals surface area contributed by atoms with E-state index in [0.29, 0.717) is 41.4 Å². The highest BCUT2D eigenvalue weighted by Gasteiger charge is 2.33. The van der Waals surface area contributed by atoms with E-state index < -0.39 is 9.84 Å². The highest BCUT2D eigenvalue weighted by molar-refractivity contribution is 7.91. The van der Waals surface area contributed by atoms with Crippen LogP contribution in [-0.2, 0) is 16.3 Å². The van der Waals surface area contributed by atoms with Crippen LogP contribution < -0.4 is 11.1 Å². The summed E-state index contributed by atoms with van der Waals surface area (Å²) in [6.07, 6.45) is 2.67. The van der Waals surface area contributed by atoms with Crippen LogP contribution in [0.2, 0.25) is 0 Å². The Morgan fingerprint density at radius 2 is 1.78 bits per heavy atom. The van der Waals surface area contributed by atoms with Gasteiger partial charge in [0.25, 0.3) is 5.91 Å². The Balaban J connectivity index is 1.44. The topological polar surface area (TPSA) is 133 Å². The van der Waals surface area contributed by atoms with E-state index in [1.807, 2.05) is 71.4 Å². The Bertz CT molecular complexity index is 1820. The molecule has 3 N–H and O–H groups in total. The molecule has 0 bridgehead atoms. The first-order valence-electron chi connectivity index (χ1n) is 13.3. The Kier molecular flexibility index (Phi) is 7.07. The van der Waals surface area contributed by atoms with Crippen LogP contribution in [-0.4, -0.2) is 45.6 Å². The van der Waals surface area contributed by atoms with E-state index in [1.54, 1.807) is 30.5 Å². The number of rotatable bonds is 7. The molecule has 0 aliphatic carbocycles. The molecule has 1 saturated heterocycles. The SMILES string of the molecule is Nc1cccc(NC(=O)c2cccc(Cc3c(-c4ccccn4)nn(C4CCS(=O)(=O)C4)c3-c3ccccc3)c2)n1. The first-order chi connectivity index (χ1) is 19.9. The number of hydrogen-bond acceptors (Lipinski definition) is 7. The van der Waals surface area contributed by atoms with Crippen LogP contribution in [0.3, 0.4) is 0 Å². The number of carbonyl (C=O) groups is 1. The van der Waals surface area contributed by atoms with E-state index in [-0.39, 0.29) is 23.5 Å². The molecule has 10 heteroatoms. The number of benzene rings is 2. The molecule has 0 radical (unpaired) electrons. The summed E-state index contributed by atoms with van der Waals surface area (Å²) in [6, 6.07) is 27.7. The molecule has 6 rings (SSSR count). The zero-order valence-electron chi connectivity index (χ0n) is 22.1. The van der Waals surface area contributed by atoms with Gasteiger partial charge in [-0.05, 0) is 48.4 Å². The lowest BCUT2D eigenvalue weighted by molar-refractivity contribution is 0.102. The van der Waals surface area contributed by atoms with Crippen LogP contribution in [0, 0.1) is 0 Å². The van der Waals surface area contributed by atoms with Crippen molar-refractivity contribution in [2.24, 2.45) is 0 Å². The van der Waals surface area contributed by atoms with Gasteiger partial charge in [0.1, 0.15) is 17.3 Å². The molecule has 0 saturated carbocycles. The summed E-state index contributed by atoms with van der Waals surface area (Å²) in [4.78, 5) is 21.8. The lowest BCUT2D eigenvalue weighted by Gasteiger charge is -2.15. The number of nitrogens with one attached hydrogen (secondary N) is 1. The maximum Gasteiger partial charge on any atom is 0.256 e. The summed E-state index contributed by atoms with van der Waals surface area (Å²) >= 11 is 0. The molecule has 4 heterocycles. The minimum atomic E-state index is -3.15. The van der Waals surface area contributed by atoms with Crippen molar-refractivity contribution < 1.29 is 13.2 Å². The molecule has 41 heavy (non-hydrogen) atoms. The second kappa shape index (κ2) is 11.0. The first kappa shape index (κ1) is 26.4. The maximum atomic E-state index is 13.1. The Hall–Kier alpha value is -4.83. The number of pyridine rings is 2. The Morgan fingerprint density at radius 1 is 0.976 bits per heavy atom. The number of hydrogen-bond donors (Lipinski definition) is 2. The predicted molar refractivity (Wildman–Crippen MR) is 159 cm³/mol. The molecule has 1 atom stereocenters. The molecule has 1 aliphatic rings. The number of nitrogens with two attached hydrogens (primary N) is 1. The van der Waals surface area contributed by atoms with Gasteiger partial charge in [-0.2, -0.15) is 5.10 Å². The smallest absolute Gasteiger partial charge is 0.256 e. The zero-order valence-corrected chi connectivity index (χ0v) is 23.0. The van der Waals surface area contributed by atoms with Crippen LogP contribution in [0.5, 0.6) is 0 Å². The normalized spacial score (nSPS) is 16.0. The minimum absolute atomic E-state index is 0.0449. The lowest BCUT2D eigenvalue weighted by atomic mass is 9.96. The van der Waals surface area contributed by atoms with Gasteiger partial charge in [0.15, 0.2) is 9.84 Å². The number of nitrogen functional groups attached to an aromatic ring is 1. The number of anilines is 2. The number of amides is 1. The third-order valence-electron chi connectivity index (χ3n) is 7.10. The maximum absolute atomic E-state index is 13.1. The number of aromatic nitrogens is 4. The molecule has 206 valence electrons. The van der Waals surface area contributed by atoms with E-state index in [0.717, 1.165) is 22.4 Å². The molecule has 5 aromatic rings. The van der Waals surface area contributed by atoms with Crippen molar-refractivity contribution in [3.63, 3.8) is 0 Å². The van der Waals surface area contributed by atoms with E-state index in [2.05, 4.69) is 15.3 Å². The molecule has 1 fully saturated rings. The molecule has 1 unspecified atom stereocenters. The van der Waals surface area contributed by atoms with Gasteiger partial charge in [0.2, 0.25) is 0 Å². The number of carbonyl (C=O) groups excluding carboxylic acids is 1. The largest absolute Gasteiger partial charge is 0.384 e. The minimum Gasteiger partial charge on any atom is -0.384 e. The van der Waals surface area contributed by atoms with E-state index in [4.69, 9.17) is 10.8 Å². The quantitative estimate of drug-likeness (QED) is 0.290. The Morgan fingerprint density at radius 3 is 2.51 bits per heavy atom. The Labute approximate surface area is 238 Å². The molecule has 9 nitrogen and oxygen atoms in total. The van der Waals surface area contributed by atoms with E-state index >= 15 is 0 Å². The van der Waals surface area contributed by atoms with Gasteiger partial charge in [-0.1, -0.05) is 54.6 Å². The molecular formula is C31H28N6O3S. The summed E-state index contributed by atoms with van der Waals surface area (Å²) in [7, 11) is -3.15. The van der Waals surface area contributed by atoms with Gasteiger partial charge < -0.3 is 11.1 Å². The average Bonchev–Trinajstić information content (AvgIpc) is 3.53. The third-order valence-corrected chi connectivity index (χ3v) is 8.85. The van der Waals surface area contributed by atoms with Crippen molar-refractivity contribution in [3.8, 4) is 22.6 Å². The van der Waals surface area contributed by atoms with Crippen molar-refractivity contribution in [1.29, 1.82) is 0 Å². The summed E-state index contributed by atoms with van der Waals surface area (Å²) in [5.74, 6) is 0.573.